The summed E-state index contributed by atoms with van der Waals surface area (Å²) in [6, 6.07) is 20.2. The van der Waals surface area contributed by atoms with Crippen LogP contribution >= 0.6 is 0 Å². The standard InChI is InChI=1S/C21H19NO/c1-18(23)12-6-2-3-11-17-22-21(19-13-7-4-8-14-19)20-15-9-5-10-16-20/h2-17H,1H3/b3-2-,12-6+,17-11-. The average molecular weight is 301 g/mol. The molecule has 0 bridgehead atoms. The molecule has 23 heavy (non-hydrogen) atoms. The van der Waals surface area contributed by atoms with Gasteiger partial charge in [-0.1, -0.05) is 78.9 Å². The highest BCUT2D eigenvalue weighted by Crippen LogP contribution is 2.11. The number of allylic oxidation sites excluding steroid dienone is 5. The van der Waals surface area contributed by atoms with Crippen molar-refractivity contribution in [2.24, 2.45) is 4.99 Å². The number of nitrogens with zero attached hydrogens (tertiary/aromatic N) is 1. The normalized spacial score (nSPS) is 11.3. The lowest BCUT2D eigenvalue weighted by atomic mass is 10.0. The predicted molar refractivity (Wildman–Crippen MR) is 96.6 cm³/mol. The molecule has 0 aliphatic heterocycles. The molecule has 2 nitrogen and oxygen atoms in total. The summed E-state index contributed by atoms with van der Waals surface area (Å²) in [5, 5.41) is 0. The maximum Gasteiger partial charge on any atom is 0.152 e. The maximum atomic E-state index is 10.8. The summed E-state index contributed by atoms with van der Waals surface area (Å²) in [6.07, 6.45) is 10.5. The van der Waals surface area contributed by atoms with Crippen LogP contribution in [0.2, 0.25) is 0 Å². The first-order valence-electron chi connectivity index (χ1n) is 7.46. The first-order valence-corrected chi connectivity index (χ1v) is 7.46. The number of carbonyl (C=O) groups is 1. The van der Waals surface area contributed by atoms with Crippen molar-refractivity contribution in [3.05, 3.63) is 108 Å². The molecule has 0 aliphatic rings. The van der Waals surface area contributed by atoms with Crippen molar-refractivity contribution in [3.63, 3.8) is 0 Å². The molecule has 0 N–H and O–H groups in total. The second kappa shape index (κ2) is 9.11. The van der Waals surface area contributed by atoms with E-state index in [9.17, 15) is 4.79 Å². The molecule has 0 aliphatic carbocycles. The van der Waals surface area contributed by atoms with Crippen LogP contribution in [0, 0.1) is 0 Å². The number of carbonyl (C=O) groups excluding carboxylic acids is 1. The number of rotatable bonds is 6. The van der Waals surface area contributed by atoms with Gasteiger partial charge in [0.05, 0.1) is 5.71 Å². The molecular weight excluding hydrogens is 282 g/mol. The van der Waals surface area contributed by atoms with E-state index < -0.39 is 0 Å². The Morgan fingerprint density at radius 3 is 1.83 bits per heavy atom. The number of hydrogen-bond donors (Lipinski definition) is 0. The Kier molecular flexibility index (Phi) is 6.48. The fraction of sp³-hybridized carbons (Fsp3) is 0.0476. The third-order valence-corrected chi connectivity index (χ3v) is 3.05. The van der Waals surface area contributed by atoms with Gasteiger partial charge >= 0.3 is 0 Å². The number of hydrogen-bond acceptors (Lipinski definition) is 2. The Labute approximate surface area is 137 Å². The van der Waals surface area contributed by atoms with Crippen molar-refractivity contribution in [2.75, 3.05) is 0 Å². The van der Waals surface area contributed by atoms with Crippen LogP contribution < -0.4 is 0 Å². The van der Waals surface area contributed by atoms with Gasteiger partial charge in [-0.05, 0) is 19.1 Å². The van der Waals surface area contributed by atoms with E-state index in [4.69, 9.17) is 0 Å². The van der Waals surface area contributed by atoms with E-state index in [1.807, 2.05) is 72.8 Å². The van der Waals surface area contributed by atoms with Crippen LogP contribution in [-0.4, -0.2) is 11.5 Å². The molecule has 2 aromatic carbocycles. The molecule has 0 radical (unpaired) electrons. The smallest absolute Gasteiger partial charge is 0.152 e. The maximum absolute atomic E-state index is 10.8. The van der Waals surface area contributed by atoms with Crippen molar-refractivity contribution in [1.82, 2.24) is 0 Å². The summed E-state index contributed by atoms with van der Waals surface area (Å²) in [6.45, 7) is 1.52. The fourth-order valence-electron chi connectivity index (χ4n) is 1.99. The van der Waals surface area contributed by atoms with Crippen LogP contribution in [0.1, 0.15) is 18.1 Å². The summed E-state index contributed by atoms with van der Waals surface area (Å²) >= 11 is 0. The van der Waals surface area contributed by atoms with Gasteiger partial charge in [-0.3, -0.25) is 9.79 Å². The highest BCUT2D eigenvalue weighted by Gasteiger charge is 2.04. The summed E-state index contributed by atoms with van der Waals surface area (Å²) in [7, 11) is 0. The second-order valence-electron chi connectivity index (χ2n) is 4.91. The molecule has 0 atom stereocenters. The zero-order valence-corrected chi connectivity index (χ0v) is 13.1. The predicted octanol–water partition coefficient (Wildman–Crippen LogP) is 4.74. The minimum atomic E-state index is 0.0343. The van der Waals surface area contributed by atoms with Gasteiger partial charge < -0.3 is 0 Å². The topological polar surface area (TPSA) is 29.4 Å². The van der Waals surface area contributed by atoms with Gasteiger partial charge in [0, 0.05) is 17.3 Å². The van der Waals surface area contributed by atoms with Gasteiger partial charge in [0.25, 0.3) is 0 Å². The molecule has 0 amide bonds. The Balaban J connectivity index is 2.20. The number of ketones is 1. The number of aliphatic imine (C=N–C) groups is 1. The molecule has 0 fully saturated rings. The summed E-state index contributed by atoms with van der Waals surface area (Å²) in [5.41, 5.74) is 3.07. The van der Waals surface area contributed by atoms with Gasteiger partial charge in [-0.2, -0.15) is 0 Å². The number of benzene rings is 2. The van der Waals surface area contributed by atoms with Gasteiger partial charge in [0.2, 0.25) is 0 Å². The molecule has 2 heteroatoms. The van der Waals surface area contributed by atoms with Crippen LogP contribution in [0.3, 0.4) is 0 Å². The monoisotopic (exact) mass is 301 g/mol. The minimum Gasteiger partial charge on any atom is -0.295 e. The van der Waals surface area contributed by atoms with E-state index in [1.54, 1.807) is 18.4 Å². The second-order valence-corrected chi connectivity index (χ2v) is 4.91. The lowest BCUT2D eigenvalue weighted by Crippen LogP contribution is -2.02. The molecule has 2 aromatic rings. The van der Waals surface area contributed by atoms with Gasteiger partial charge in [-0.15, -0.1) is 0 Å². The third-order valence-electron chi connectivity index (χ3n) is 3.05. The van der Waals surface area contributed by atoms with Crippen molar-refractivity contribution >= 4 is 11.5 Å². The molecular formula is C21H19NO. The molecule has 0 heterocycles. The summed E-state index contributed by atoms with van der Waals surface area (Å²) < 4.78 is 0. The van der Waals surface area contributed by atoms with E-state index in [1.165, 1.54) is 13.0 Å². The van der Waals surface area contributed by atoms with Crippen LogP contribution in [0.15, 0.2) is 102 Å². The molecule has 2 rings (SSSR count). The lowest BCUT2D eigenvalue weighted by molar-refractivity contribution is -0.112. The Morgan fingerprint density at radius 1 is 0.783 bits per heavy atom. The Bertz CT molecular complexity index is 696. The Hall–Kier alpha value is -3.00. The van der Waals surface area contributed by atoms with E-state index in [-0.39, 0.29) is 5.78 Å². The van der Waals surface area contributed by atoms with Crippen LogP contribution in [-0.2, 0) is 4.79 Å². The van der Waals surface area contributed by atoms with Crippen LogP contribution in [0.25, 0.3) is 0 Å². The van der Waals surface area contributed by atoms with Crippen LogP contribution in [0.4, 0.5) is 0 Å². The van der Waals surface area contributed by atoms with E-state index >= 15 is 0 Å². The molecule has 0 saturated carbocycles. The zero-order valence-electron chi connectivity index (χ0n) is 13.1. The van der Waals surface area contributed by atoms with E-state index in [0.717, 1.165) is 16.8 Å². The van der Waals surface area contributed by atoms with Crippen molar-refractivity contribution in [1.29, 1.82) is 0 Å². The molecule has 0 spiro atoms. The quantitative estimate of drug-likeness (QED) is 0.430. The summed E-state index contributed by atoms with van der Waals surface area (Å²) in [4.78, 5) is 15.4. The fourth-order valence-corrected chi connectivity index (χ4v) is 1.99. The SMILES string of the molecule is CC(=O)/C=C/C=C\C=C/N=C(c1ccccc1)c1ccccc1. The molecule has 0 aromatic heterocycles. The van der Waals surface area contributed by atoms with Gasteiger partial charge in [0.1, 0.15) is 0 Å². The minimum absolute atomic E-state index is 0.0343. The van der Waals surface area contributed by atoms with Crippen LogP contribution in [0.5, 0.6) is 0 Å². The zero-order chi connectivity index (χ0) is 16.3. The molecule has 0 unspecified atom stereocenters. The summed E-state index contributed by atoms with van der Waals surface area (Å²) in [5.74, 6) is 0.0343. The molecule has 0 saturated heterocycles. The average Bonchev–Trinajstić information content (AvgIpc) is 2.59. The first-order chi connectivity index (χ1) is 11.3. The van der Waals surface area contributed by atoms with E-state index in [2.05, 4.69) is 4.99 Å². The lowest BCUT2D eigenvalue weighted by Gasteiger charge is -2.05. The van der Waals surface area contributed by atoms with Crippen molar-refractivity contribution < 1.29 is 4.79 Å². The third kappa shape index (κ3) is 5.71. The van der Waals surface area contributed by atoms with Gasteiger partial charge in [0.15, 0.2) is 5.78 Å². The molecule has 114 valence electrons. The van der Waals surface area contributed by atoms with Crippen molar-refractivity contribution in [3.8, 4) is 0 Å². The van der Waals surface area contributed by atoms with E-state index in [0.29, 0.717) is 0 Å². The Morgan fingerprint density at radius 2 is 1.30 bits per heavy atom. The van der Waals surface area contributed by atoms with Gasteiger partial charge in [-0.25, -0.2) is 0 Å². The highest BCUT2D eigenvalue weighted by atomic mass is 16.1. The highest BCUT2D eigenvalue weighted by molar-refractivity contribution is 6.13. The first kappa shape index (κ1) is 16.4. The van der Waals surface area contributed by atoms with Crippen molar-refractivity contribution in [2.45, 2.75) is 6.92 Å². The largest absolute Gasteiger partial charge is 0.295 e.